The number of ether oxygens (including phenoxy) is 1. The number of hydrogen-bond donors (Lipinski definition) is 0. The van der Waals surface area contributed by atoms with E-state index in [9.17, 15) is 0 Å². The van der Waals surface area contributed by atoms with Gasteiger partial charge in [-0.3, -0.25) is 4.90 Å². The Morgan fingerprint density at radius 1 is 0.900 bits per heavy atom. The highest BCUT2D eigenvalue weighted by molar-refractivity contribution is 6.17. The number of methoxy groups -OCH3 is 1. The Balaban J connectivity index is 1.88. The summed E-state index contributed by atoms with van der Waals surface area (Å²) in [6, 6.07) is 29.8. The van der Waals surface area contributed by atoms with E-state index in [2.05, 4.69) is 90.7 Å². The zero-order valence-electron chi connectivity index (χ0n) is 17.8. The van der Waals surface area contributed by atoms with Crippen molar-refractivity contribution in [2.75, 3.05) is 26.1 Å². The lowest BCUT2D eigenvalue weighted by Crippen LogP contribution is -2.29. The van der Waals surface area contributed by atoms with Gasteiger partial charge in [-0.1, -0.05) is 78.9 Å². The van der Waals surface area contributed by atoms with Crippen molar-refractivity contribution in [1.82, 2.24) is 4.90 Å². The van der Waals surface area contributed by atoms with Crippen molar-refractivity contribution in [3.8, 4) is 5.75 Å². The Morgan fingerprint density at radius 3 is 1.97 bits per heavy atom. The number of rotatable bonds is 10. The Bertz CT molecular complexity index is 865. The van der Waals surface area contributed by atoms with Crippen LogP contribution < -0.4 is 4.74 Å². The van der Waals surface area contributed by atoms with E-state index >= 15 is 0 Å². The molecular formula is C27H30ClNO. The molecule has 0 spiro atoms. The minimum atomic E-state index is 0.281. The van der Waals surface area contributed by atoms with Crippen molar-refractivity contribution in [3.63, 3.8) is 0 Å². The highest BCUT2D eigenvalue weighted by Gasteiger charge is 2.15. The van der Waals surface area contributed by atoms with Crippen LogP contribution >= 0.6 is 11.6 Å². The lowest BCUT2D eigenvalue weighted by Gasteiger charge is -2.29. The van der Waals surface area contributed by atoms with Crippen molar-refractivity contribution in [2.24, 2.45) is 0 Å². The predicted molar refractivity (Wildman–Crippen MR) is 128 cm³/mol. The summed E-state index contributed by atoms with van der Waals surface area (Å²) in [5.41, 5.74) is 5.00. The van der Waals surface area contributed by atoms with Crippen LogP contribution in [0, 0.1) is 0 Å². The van der Waals surface area contributed by atoms with Crippen LogP contribution in [-0.4, -0.2) is 31.0 Å². The first-order valence-electron chi connectivity index (χ1n) is 10.5. The van der Waals surface area contributed by atoms with Gasteiger partial charge in [0.25, 0.3) is 0 Å². The Kier molecular flexibility index (Phi) is 8.55. The molecule has 0 fully saturated rings. The zero-order chi connectivity index (χ0) is 21.2. The van der Waals surface area contributed by atoms with Gasteiger partial charge in [-0.15, -0.1) is 11.6 Å². The van der Waals surface area contributed by atoms with Gasteiger partial charge >= 0.3 is 0 Å². The molecule has 1 unspecified atom stereocenters. The van der Waals surface area contributed by atoms with Gasteiger partial charge in [-0.25, -0.2) is 0 Å². The first-order chi connectivity index (χ1) is 14.7. The van der Waals surface area contributed by atoms with E-state index < -0.39 is 0 Å². The van der Waals surface area contributed by atoms with E-state index in [0.29, 0.717) is 5.88 Å². The second-order valence-electron chi connectivity index (χ2n) is 7.34. The van der Waals surface area contributed by atoms with E-state index in [1.54, 1.807) is 7.11 Å². The molecule has 0 aliphatic carbocycles. The molecule has 156 valence electrons. The molecule has 2 nitrogen and oxygen atoms in total. The molecule has 0 saturated carbocycles. The van der Waals surface area contributed by atoms with Gasteiger partial charge in [-0.2, -0.15) is 0 Å². The van der Waals surface area contributed by atoms with Gasteiger partial charge in [0.2, 0.25) is 0 Å². The van der Waals surface area contributed by atoms with Crippen molar-refractivity contribution in [1.29, 1.82) is 0 Å². The summed E-state index contributed by atoms with van der Waals surface area (Å²) in [6.45, 7) is 4.06. The van der Waals surface area contributed by atoms with E-state index in [1.807, 2.05) is 12.1 Å². The minimum absolute atomic E-state index is 0.281. The van der Waals surface area contributed by atoms with Crippen molar-refractivity contribution in [2.45, 2.75) is 19.4 Å². The highest BCUT2D eigenvalue weighted by Crippen LogP contribution is 2.26. The van der Waals surface area contributed by atoms with Crippen molar-refractivity contribution >= 4 is 17.2 Å². The van der Waals surface area contributed by atoms with Gasteiger partial charge in [0.1, 0.15) is 5.75 Å². The Morgan fingerprint density at radius 2 is 1.47 bits per heavy atom. The maximum Gasteiger partial charge on any atom is 0.118 e. The van der Waals surface area contributed by atoms with Crippen molar-refractivity contribution in [3.05, 3.63) is 108 Å². The maximum atomic E-state index is 6.03. The topological polar surface area (TPSA) is 12.5 Å². The standard InChI is InChI=1S/C27H30ClNO/c1-22(23-14-16-26(30-2)17-15-23)29(20-9-19-28)21-18-27(24-10-5-3-6-11-24)25-12-7-4-8-13-25/h3-8,10-18,22H,9,19-21H2,1-2H3. The summed E-state index contributed by atoms with van der Waals surface area (Å²) in [7, 11) is 1.70. The minimum Gasteiger partial charge on any atom is -0.497 e. The third kappa shape index (κ3) is 5.98. The smallest absolute Gasteiger partial charge is 0.118 e. The van der Waals surface area contributed by atoms with Crippen LogP contribution in [0.2, 0.25) is 0 Å². The molecule has 0 saturated heterocycles. The van der Waals surface area contributed by atoms with Crippen LogP contribution in [0.15, 0.2) is 91.0 Å². The van der Waals surface area contributed by atoms with E-state index in [1.165, 1.54) is 22.3 Å². The molecule has 3 rings (SSSR count). The molecule has 30 heavy (non-hydrogen) atoms. The molecular weight excluding hydrogens is 390 g/mol. The quantitative estimate of drug-likeness (QED) is 0.334. The fourth-order valence-electron chi connectivity index (χ4n) is 3.65. The van der Waals surface area contributed by atoms with Crippen LogP contribution in [0.5, 0.6) is 5.75 Å². The van der Waals surface area contributed by atoms with Gasteiger partial charge in [-0.05, 0) is 47.7 Å². The Hall–Kier alpha value is -2.55. The lowest BCUT2D eigenvalue weighted by molar-refractivity contribution is 0.235. The third-order valence-corrected chi connectivity index (χ3v) is 5.69. The first kappa shape index (κ1) is 22.1. The van der Waals surface area contributed by atoms with Crippen molar-refractivity contribution < 1.29 is 4.74 Å². The van der Waals surface area contributed by atoms with Crippen LogP contribution in [0.1, 0.15) is 36.1 Å². The number of nitrogens with zero attached hydrogens (tertiary/aromatic N) is 1. The lowest BCUT2D eigenvalue weighted by atomic mass is 9.97. The SMILES string of the molecule is COc1ccc(C(C)N(CC=C(c2ccccc2)c2ccccc2)CCCCl)cc1. The molecule has 3 heteroatoms. The summed E-state index contributed by atoms with van der Waals surface area (Å²) in [6.07, 6.45) is 3.31. The molecule has 0 radical (unpaired) electrons. The van der Waals surface area contributed by atoms with Crippen LogP contribution in [0.4, 0.5) is 0 Å². The van der Waals surface area contributed by atoms with Gasteiger partial charge < -0.3 is 4.74 Å². The average Bonchev–Trinajstić information content (AvgIpc) is 2.82. The van der Waals surface area contributed by atoms with Crippen LogP contribution in [0.25, 0.3) is 5.57 Å². The molecule has 0 aliphatic heterocycles. The van der Waals surface area contributed by atoms with Crippen LogP contribution in [0.3, 0.4) is 0 Å². The molecule has 0 N–H and O–H groups in total. The molecule has 3 aromatic rings. The van der Waals surface area contributed by atoms with E-state index in [-0.39, 0.29) is 6.04 Å². The molecule has 0 aromatic heterocycles. The summed E-state index contributed by atoms with van der Waals surface area (Å²) >= 11 is 6.03. The van der Waals surface area contributed by atoms with Gasteiger partial charge in [0, 0.05) is 25.0 Å². The third-order valence-electron chi connectivity index (χ3n) is 5.42. The highest BCUT2D eigenvalue weighted by atomic mass is 35.5. The summed E-state index contributed by atoms with van der Waals surface area (Å²) < 4.78 is 5.31. The second kappa shape index (κ2) is 11.6. The second-order valence-corrected chi connectivity index (χ2v) is 7.71. The predicted octanol–water partition coefficient (Wildman–Crippen LogP) is 6.82. The molecule has 0 amide bonds. The average molecular weight is 420 g/mol. The fraction of sp³-hybridized carbons (Fsp3) is 0.259. The number of halogens is 1. The summed E-state index contributed by atoms with van der Waals surface area (Å²) in [4.78, 5) is 2.48. The summed E-state index contributed by atoms with van der Waals surface area (Å²) in [5.74, 6) is 1.55. The molecule has 0 heterocycles. The van der Waals surface area contributed by atoms with Crippen LogP contribution in [-0.2, 0) is 0 Å². The number of hydrogen-bond acceptors (Lipinski definition) is 2. The molecule has 0 aliphatic rings. The van der Waals surface area contributed by atoms with E-state index in [4.69, 9.17) is 16.3 Å². The van der Waals surface area contributed by atoms with Gasteiger partial charge in [0.15, 0.2) is 0 Å². The largest absolute Gasteiger partial charge is 0.497 e. The normalized spacial score (nSPS) is 11.9. The van der Waals surface area contributed by atoms with Gasteiger partial charge in [0.05, 0.1) is 7.11 Å². The Labute approximate surface area is 185 Å². The number of alkyl halides is 1. The molecule has 1 atom stereocenters. The zero-order valence-corrected chi connectivity index (χ0v) is 18.6. The fourth-order valence-corrected chi connectivity index (χ4v) is 3.77. The maximum absolute atomic E-state index is 6.03. The first-order valence-corrected chi connectivity index (χ1v) is 11.0. The number of benzene rings is 3. The monoisotopic (exact) mass is 419 g/mol. The van der Waals surface area contributed by atoms with E-state index in [0.717, 1.165) is 25.3 Å². The molecule has 0 bridgehead atoms. The summed E-state index contributed by atoms with van der Waals surface area (Å²) in [5, 5.41) is 0. The molecule has 3 aromatic carbocycles.